The summed E-state index contributed by atoms with van der Waals surface area (Å²) >= 11 is 5.86. The quantitative estimate of drug-likeness (QED) is 0.869. The van der Waals surface area contributed by atoms with E-state index in [1.807, 2.05) is 25.1 Å². The summed E-state index contributed by atoms with van der Waals surface area (Å²) in [6, 6.07) is 7.23. The van der Waals surface area contributed by atoms with Crippen LogP contribution in [0, 0.1) is 0 Å². The molecule has 0 fully saturated rings. The van der Waals surface area contributed by atoms with Crippen LogP contribution < -0.4 is 9.47 Å². The maximum absolute atomic E-state index is 12.4. The van der Waals surface area contributed by atoms with E-state index < -0.39 is 0 Å². The molecule has 1 aromatic heterocycles. The summed E-state index contributed by atoms with van der Waals surface area (Å²) in [5, 5.41) is 0.115. The lowest BCUT2D eigenvalue weighted by Crippen LogP contribution is -2.30. The van der Waals surface area contributed by atoms with Crippen LogP contribution in [0.25, 0.3) is 0 Å². The molecule has 0 unspecified atom stereocenters. The second-order valence-corrected chi connectivity index (χ2v) is 4.96. The summed E-state index contributed by atoms with van der Waals surface area (Å²) in [5.74, 6) is 1.28. The van der Waals surface area contributed by atoms with Gasteiger partial charge in [0.25, 0.3) is 5.91 Å². The molecule has 5 nitrogen and oxygen atoms in total. The van der Waals surface area contributed by atoms with Crippen molar-refractivity contribution in [2.24, 2.45) is 0 Å². The van der Waals surface area contributed by atoms with E-state index in [2.05, 4.69) is 0 Å². The molecule has 0 atom stereocenters. The van der Waals surface area contributed by atoms with E-state index in [1.54, 1.807) is 11.0 Å². The Kier molecular flexibility index (Phi) is 3.75. The lowest BCUT2D eigenvalue weighted by atomic mass is 10.1. The molecule has 3 rings (SSSR count). The number of rotatable bonds is 4. The van der Waals surface area contributed by atoms with Crippen molar-refractivity contribution in [2.75, 3.05) is 13.3 Å². The van der Waals surface area contributed by atoms with Gasteiger partial charge in [-0.3, -0.25) is 4.79 Å². The highest BCUT2D eigenvalue weighted by Gasteiger charge is 2.20. The molecule has 0 saturated heterocycles. The van der Waals surface area contributed by atoms with E-state index in [1.165, 1.54) is 6.26 Å². The normalized spacial score (nSPS) is 12.5. The fourth-order valence-electron chi connectivity index (χ4n) is 2.20. The minimum absolute atomic E-state index is 0.115. The number of carbonyl (C=O) groups is 1. The van der Waals surface area contributed by atoms with E-state index in [9.17, 15) is 4.79 Å². The highest BCUT2D eigenvalue weighted by molar-refractivity contribution is 6.32. The average Bonchev–Trinajstić information content (AvgIpc) is 3.12. The first-order chi connectivity index (χ1) is 10.2. The Morgan fingerprint density at radius 3 is 2.81 bits per heavy atom. The molecule has 110 valence electrons. The molecule has 1 amide bonds. The van der Waals surface area contributed by atoms with Gasteiger partial charge in [-0.2, -0.15) is 0 Å². The van der Waals surface area contributed by atoms with E-state index in [0.717, 1.165) is 11.3 Å². The van der Waals surface area contributed by atoms with Crippen LogP contribution in [0.1, 0.15) is 22.8 Å². The van der Waals surface area contributed by atoms with Crippen LogP contribution in [0.4, 0.5) is 0 Å². The SMILES string of the molecule is CCN(Cc1ccc2c(c1)OCO2)C(=O)c1ccoc1Cl. The van der Waals surface area contributed by atoms with Crippen LogP contribution >= 0.6 is 11.6 Å². The second kappa shape index (κ2) is 5.69. The second-order valence-electron chi connectivity index (χ2n) is 4.61. The standard InChI is InChI=1S/C15H14ClNO4/c1-2-17(15(18)11-5-6-19-14(11)16)8-10-3-4-12-13(7-10)21-9-20-12/h3-7H,2,8-9H2,1H3. The van der Waals surface area contributed by atoms with Crippen LogP contribution in [0.5, 0.6) is 11.5 Å². The predicted molar refractivity (Wildman–Crippen MR) is 76.7 cm³/mol. The molecule has 21 heavy (non-hydrogen) atoms. The molecule has 1 aliphatic heterocycles. The molecule has 2 aromatic rings. The molecule has 0 N–H and O–H groups in total. The molecular formula is C15H14ClNO4. The number of hydrogen-bond acceptors (Lipinski definition) is 4. The van der Waals surface area contributed by atoms with Crippen molar-refractivity contribution < 1.29 is 18.7 Å². The number of furan rings is 1. The summed E-state index contributed by atoms with van der Waals surface area (Å²) in [5.41, 5.74) is 1.34. The predicted octanol–water partition coefficient (Wildman–Crippen LogP) is 3.32. The summed E-state index contributed by atoms with van der Waals surface area (Å²) in [6.07, 6.45) is 1.41. The number of fused-ring (bicyclic) bond motifs is 1. The van der Waals surface area contributed by atoms with Crippen LogP contribution in [-0.4, -0.2) is 24.1 Å². The van der Waals surface area contributed by atoms with Gasteiger partial charge in [-0.25, -0.2) is 0 Å². The summed E-state index contributed by atoms with van der Waals surface area (Å²) in [6.45, 7) is 3.18. The van der Waals surface area contributed by atoms with Gasteiger partial charge in [0.05, 0.1) is 11.8 Å². The third-order valence-electron chi connectivity index (χ3n) is 3.33. The number of carbonyl (C=O) groups excluding carboxylic acids is 1. The van der Waals surface area contributed by atoms with Gasteiger partial charge in [0, 0.05) is 13.1 Å². The van der Waals surface area contributed by atoms with Gasteiger partial charge < -0.3 is 18.8 Å². The van der Waals surface area contributed by atoms with E-state index in [0.29, 0.717) is 24.4 Å². The van der Waals surface area contributed by atoms with Gasteiger partial charge >= 0.3 is 0 Å². The Morgan fingerprint density at radius 1 is 1.29 bits per heavy atom. The number of halogens is 1. The minimum atomic E-state index is -0.158. The fraction of sp³-hybridized carbons (Fsp3) is 0.267. The monoisotopic (exact) mass is 307 g/mol. The Morgan fingerprint density at radius 2 is 2.10 bits per heavy atom. The van der Waals surface area contributed by atoms with Crippen LogP contribution in [0.15, 0.2) is 34.9 Å². The van der Waals surface area contributed by atoms with Crippen molar-refractivity contribution in [3.8, 4) is 11.5 Å². The molecule has 0 aliphatic carbocycles. The maximum atomic E-state index is 12.4. The van der Waals surface area contributed by atoms with Crippen molar-refractivity contribution in [1.29, 1.82) is 0 Å². The van der Waals surface area contributed by atoms with Gasteiger partial charge in [0.15, 0.2) is 11.5 Å². The summed E-state index contributed by atoms with van der Waals surface area (Å²) in [4.78, 5) is 14.1. The molecule has 0 bridgehead atoms. The minimum Gasteiger partial charge on any atom is -0.454 e. The molecule has 0 radical (unpaired) electrons. The zero-order valence-electron chi connectivity index (χ0n) is 11.5. The third-order valence-corrected chi connectivity index (χ3v) is 3.62. The first-order valence-electron chi connectivity index (χ1n) is 6.60. The van der Waals surface area contributed by atoms with Gasteiger partial charge in [-0.15, -0.1) is 0 Å². The van der Waals surface area contributed by atoms with E-state index in [-0.39, 0.29) is 17.9 Å². The van der Waals surface area contributed by atoms with Crippen molar-refractivity contribution in [3.63, 3.8) is 0 Å². The van der Waals surface area contributed by atoms with Crippen molar-refractivity contribution in [3.05, 3.63) is 46.9 Å². The summed E-state index contributed by atoms with van der Waals surface area (Å²) < 4.78 is 15.6. The Hall–Kier alpha value is -2.14. The number of nitrogens with zero attached hydrogens (tertiary/aromatic N) is 1. The Bertz CT molecular complexity index is 667. The number of amides is 1. The highest BCUT2D eigenvalue weighted by Crippen LogP contribution is 2.33. The Labute approximate surface area is 127 Å². The molecule has 1 aliphatic rings. The van der Waals surface area contributed by atoms with Crippen LogP contribution in [-0.2, 0) is 6.54 Å². The lowest BCUT2D eigenvalue weighted by Gasteiger charge is -2.20. The largest absolute Gasteiger partial charge is 0.454 e. The maximum Gasteiger partial charge on any atom is 0.259 e. The number of hydrogen-bond donors (Lipinski definition) is 0. The smallest absolute Gasteiger partial charge is 0.259 e. The van der Waals surface area contributed by atoms with Crippen molar-refractivity contribution in [2.45, 2.75) is 13.5 Å². The van der Waals surface area contributed by atoms with Gasteiger partial charge in [0.2, 0.25) is 12.0 Å². The fourth-order valence-corrected chi connectivity index (χ4v) is 2.40. The lowest BCUT2D eigenvalue weighted by molar-refractivity contribution is 0.0752. The van der Waals surface area contributed by atoms with Crippen molar-refractivity contribution in [1.82, 2.24) is 4.90 Å². The number of benzene rings is 1. The summed E-state index contributed by atoms with van der Waals surface area (Å²) in [7, 11) is 0. The van der Waals surface area contributed by atoms with Gasteiger partial charge in [-0.05, 0) is 42.3 Å². The molecule has 0 spiro atoms. The molecule has 0 saturated carbocycles. The van der Waals surface area contributed by atoms with Gasteiger partial charge in [0.1, 0.15) is 0 Å². The topological polar surface area (TPSA) is 51.9 Å². The molecule has 6 heteroatoms. The van der Waals surface area contributed by atoms with Crippen molar-refractivity contribution >= 4 is 17.5 Å². The molecular weight excluding hydrogens is 294 g/mol. The van der Waals surface area contributed by atoms with Crippen LogP contribution in [0.3, 0.4) is 0 Å². The highest BCUT2D eigenvalue weighted by atomic mass is 35.5. The molecule has 1 aromatic carbocycles. The first-order valence-corrected chi connectivity index (χ1v) is 6.97. The first kappa shape index (κ1) is 13.8. The number of ether oxygens (including phenoxy) is 2. The Balaban J connectivity index is 1.78. The third kappa shape index (κ3) is 2.69. The van der Waals surface area contributed by atoms with Gasteiger partial charge in [-0.1, -0.05) is 6.07 Å². The zero-order valence-corrected chi connectivity index (χ0v) is 12.2. The average molecular weight is 308 g/mol. The molecule has 2 heterocycles. The van der Waals surface area contributed by atoms with E-state index in [4.69, 9.17) is 25.5 Å². The zero-order chi connectivity index (χ0) is 14.8. The van der Waals surface area contributed by atoms with Crippen LogP contribution in [0.2, 0.25) is 5.22 Å². The van der Waals surface area contributed by atoms with E-state index >= 15 is 0 Å².